The molecule has 17 heavy (non-hydrogen) atoms. The van der Waals surface area contributed by atoms with Gasteiger partial charge in [-0.3, -0.25) is 4.90 Å². The number of likely N-dealkylation sites (N-methyl/N-ethyl adjacent to an activating group) is 1. The van der Waals surface area contributed by atoms with Crippen molar-refractivity contribution in [3.63, 3.8) is 0 Å². The van der Waals surface area contributed by atoms with E-state index in [1.165, 1.54) is 4.90 Å². The average Bonchev–Trinajstić information content (AvgIpc) is 2.09. The summed E-state index contributed by atoms with van der Waals surface area (Å²) >= 11 is 0. The van der Waals surface area contributed by atoms with Crippen LogP contribution in [0.25, 0.3) is 0 Å². The number of nitrogens with zero attached hydrogens (tertiary/aromatic N) is 2. The van der Waals surface area contributed by atoms with Gasteiger partial charge >= 0.3 is 6.09 Å². The molecule has 0 bridgehead atoms. The molecule has 1 saturated heterocycles. The quantitative estimate of drug-likeness (QED) is 0.811. The van der Waals surface area contributed by atoms with Crippen LogP contribution in [0.15, 0.2) is 0 Å². The van der Waals surface area contributed by atoms with Crippen LogP contribution in [0.5, 0.6) is 0 Å². The first-order chi connectivity index (χ1) is 7.79. The van der Waals surface area contributed by atoms with Gasteiger partial charge < -0.3 is 14.7 Å². The van der Waals surface area contributed by atoms with Crippen LogP contribution >= 0.6 is 0 Å². The highest BCUT2D eigenvalue weighted by Gasteiger charge is 2.49. The predicted octanol–water partition coefficient (Wildman–Crippen LogP) is 1.34. The summed E-state index contributed by atoms with van der Waals surface area (Å²) in [6.45, 7) is 8.37. The number of rotatable bonds is 4. The number of ether oxygens (including phenoxy) is 1. The topological polar surface area (TPSA) is 53.0 Å². The van der Waals surface area contributed by atoms with Crippen LogP contribution in [0.3, 0.4) is 0 Å². The molecule has 100 valence electrons. The number of carboxylic acid groups (broad SMARTS) is 1. The molecule has 0 aromatic rings. The van der Waals surface area contributed by atoms with E-state index in [9.17, 15) is 4.79 Å². The van der Waals surface area contributed by atoms with Gasteiger partial charge in [-0.2, -0.15) is 0 Å². The Morgan fingerprint density at radius 3 is 2.53 bits per heavy atom. The predicted molar refractivity (Wildman–Crippen MR) is 66.3 cm³/mol. The summed E-state index contributed by atoms with van der Waals surface area (Å²) in [4.78, 5) is 14.8. The van der Waals surface area contributed by atoms with Crippen LogP contribution in [-0.4, -0.2) is 66.9 Å². The Morgan fingerprint density at radius 1 is 1.53 bits per heavy atom. The lowest BCUT2D eigenvalue weighted by Gasteiger charge is -2.55. The largest absolute Gasteiger partial charge is 0.465 e. The van der Waals surface area contributed by atoms with E-state index in [0.717, 1.165) is 6.54 Å². The fraction of sp³-hybridized carbons (Fsp3) is 0.917. The van der Waals surface area contributed by atoms with Crippen molar-refractivity contribution in [1.82, 2.24) is 9.80 Å². The molecule has 5 nitrogen and oxygen atoms in total. The van der Waals surface area contributed by atoms with Crippen molar-refractivity contribution >= 4 is 6.09 Å². The highest BCUT2D eigenvalue weighted by Crippen LogP contribution is 2.36. The van der Waals surface area contributed by atoms with Crippen LogP contribution in [0.4, 0.5) is 4.79 Å². The van der Waals surface area contributed by atoms with E-state index >= 15 is 0 Å². The first-order valence-electron chi connectivity index (χ1n) is 5.97. The number of amides is 1. The maximum atomic E-state index is 11.1. The zero-order chi connectivity index (χ0) is 13.2. The third kappa shape index (κ3) is 3.10. The molecule has 5 heteroatoms. The van der Waals surface area contributed by atoms with E-state index in [1.807, 2.05) is 7.05 Å². The molecule has 1 heterocycles. The number of carbonyl (C=O) groups is 1. The number of methoxy groups -OCH3 is 1. The van der Waals surface area contributed by atoms with Crippen molar-refractivity contribution in [3.05, 3.63) is 0 Å². The van der Waals surface area contributed by atoms with Crippen molar-refractivity contribution in [2.75, 3.05) is 33.9 Å². The maximum Gasteiger partial charge on any atom is 0.407 e. The normalized spacial score (nSPS) is 24.9. The lowest BCUT2D eigenvalue weighted by atomic mass is 9.75. The molecular formula is C12H24N2O3. The first kappa shape index (κ1) is 14.3. The summed E-state index contributed by atoms with van der Waals surface area (Å²) in [7, 11) is 3.71. The molecule has 0 aromatic heterocycles. The van der Waals surface area contributed by atoms with Gasteiger partial charge in [-0.25, -0.2) is 4.79 Å². The van der Waals surface area contributed by atoms with Crippen LogP contribution in [-0.2, 0) is 4.74 Å². The van der Waals surface area contributed by atoms with Crippen LogP contribution in [0.1, 0.15) is 20.8 Å². The Bertz CT molecular complexity index is 275. The van der Waals surface area contributed by atoms with E-state index in [2.05, 4.69) is 25.7 Å². The van der Waals surface area contributed by atoms with E-state index in [4.69, 9.17) is 9.84 Å². The lowest BCUT2D eigenvalue weighted by Crippen LogP contribution is -2.71. The highest BCUT2D eigenvalue weighted by molar-refractivity contribution is 5.67. The third-order valence-electron chi connectivity index (χ3n) is 3.43. The van der Waals surface area contributed by atoms with Gasteiger partial charge in [0.25, 0.3) is 0 Å². The minimum atomic E-state index is -0.818. The molecule has 1 amide bonds. The van der Waals surface area contributed by atoms with Crippen LogP contribution in [0.2, 0.25) is 0 Å². The molecule has 0 saturated carbocycles. The molecule has 2 atom stereocenters. The average molecular weight is 244 g/mol. The molecule has 1 aliphatic heterocycles. The van der Waals surface area contributed by atoms with Gasteiger partial charge in [0, 0.05) is 26.2 Å². The second-order valence-electron chi connectivity index (χ2n) is 5.79. The van der Waals surface area contributed by atoms with E-state index in [-0.39, 0.29) is 11.5 Å². The van der Waals surface area contributed by atoms with Crippen LogP contribution < -0.4 is 0 Å². The Kier molecular flexibility index (Phi) is 4.38. The highest BCUT2D eigenvalue weighted by atomic mass is 16.5. The molecule has 0 aliphatic carbocycles. The SMILES string of the molecule is COCCN(C)C1CN(C(=O)O)C1C(C)(C)C. The van der Waals surface area contributed by atoms with Gasteiger partial charge in [-0.05, 0) is 12.5 Å². The number of hydrogen-bond acceptors (Lipinski definition) is 3. The van der Waals surface area contributed by atoms with Crippen molar-refractivity contribution in [2.45, 2.75) is 32.9 Å². The molecule has 0 aromatic carbocycles. The van der Waals surface area contributed by atoms with E-state index < -0.39 is 6.09 Å². The van der Waals surface area contributed by atoms with Crippen molar-refractivity contribution in [2.24, 2.45) is 5.41 Å². The second kappa shape index (κ2) is 5.23. The standard InChI is InChI=1S/C12H24N2O3/c1-12(2,3)10-9(8-14(10)11(15)16)13(4)6-7-17-5/h9-10H,6-8H2,1-5H3,(H,15,16). The summed E-state index contributed by atoms with van der Waals surface area (Å²) in [5.74, 6) is 0. The van der Waals surface area contributed by atoms with Gasteiger partial charge in [0.1, 0.15) is 0 Å². The monoisotopic (exact) mass is 244 g/mol. The van der Waals surface area contributed by atoms with Gasteiger partial charge in [0.05, 0.1) is 12.6 Å². The smallest absolute Gasteiger partial charge is 0.407 e. The molecule has 0 radical (unpaired) electrons. The molecular weight excluding hydrogens is 220 g/mol. The molecule has 1 N–H and O–H groups in total. The Balaban J connectivity index is 2.66. The van der Waals surface area contributed by atoms with E-state index in [0.29, 0.717) is 19.2 Å². The minimum Gasteiger partial charge on any atom is -0.465 e. The van der Waals surface area contributed by atoms with Gasteiger partial charge in [0.2, 0.25) is 0 Å². The summed E-state index contributed by atoms with van der Waals surface area (Å²) in [6, 6.07) is 0.350. The summed E-state index contributed by atoms with van der Waals surface area (Å²) in [5.41, 5.74) is -0.0390. The molecule has 1 aliphatic rings. The zero-order valence-electron chi connectivity index (χ0n) is 11.4. The first-order valence-corrected chi connectivity index (χ1v) is 5.97. The molecule has 2 unspecified atom stereocenters. The Hall–Kier alpha value is -0.810. The van der Waals surface area contributed by atoms with Gasteiger partial charge in [0.15, 0.2) is 0 Å². The lowest BCUT2D eigenvalue weighted by molar-refractivity contribution is -0.0597. The summed E-state index contributed by atoms with van der Waals surface area (Å²) in [6.07, 6.45) is -0.818. The fourth-order valence-corrected chi connectivity index (χ4v) is 2.51. The van der Waals surface area contributed by atoms with Crippen molar-refractivity contribution < 1.29 is 14.6 Å². The third-order valence-corrected chi connectivity index (χ3v) is 3.43. The van der Waals surface area contributed by atoms with Gasteiger partial charge in [-0.1, -0.05) is 20.8 Å². The number of likely N-dealkylation sites (tertiary alicyclic amines) is 1. The Labute approximate surface area is 103 Å². The summed E-state index contributed by atoms with van der Waals surface area (Å²) in [5, 5.41) is 9.13. The second-order valence-corrected chi connectivity index (χ2v) is 5.79. The minimum absolute atomic E-state index is 0.0390. The van der Waals surface area contributed by atoms with Crippen molar-refractivity contribution in [3.8, 4) is 0 Å². The maximum absolute atomic E-state index is 11.1. The Morgan fingerprint density at radius 2 is 2.12 bits per heavy atom. The van der Waals surface area contributed by atoms with Crippen molar-refractivity contribution in [1.29, 1.82) is 0 Å². The molecule has 1 rings (SSSR count). The van der Waals surface area contributed by atoms with Gasteiger partial charge in [-0.15, -0.1) is 0 Å². The zero-order valence-corrected chi connectivity index (χ0v) is 11.4. The van der Waals surface area contributed by atoms with Crippen LogP contribution in [0, 0.1) is 5.41 Å². The number of hydrogen-bond donors (Lipinski definition) is 1. The molecule has 0 spiro atoms. The molecule has 1 fully saturated rings. The fourth-order valence-electron chi connectivity index (χ4n) is 2.51. The van der Waals surface area contributed by atoms with E-state index in [1.54, 1.807) is 7.11 Å². The summed E-state index contributed by atoms with van der Waals surface area (Å²) < 4.78 is 5.05.